The lowest BCUT2D eigenvalue weighted by atomic mass is 9.74. The molecular weight excluding hydrogens is 442 g/mol. The molecule has 4 N–H and O–H groups in total. The number of carbonyl (C=O) groups excluding carboxylic acids is 2. The molecule has 3 aliphatic rings. The van der Waals surface area contributed by atoms with Crippen LogP contribution in [0.3, 0.4) is 0 Å². The van der Waals surface area contributed by atoms with Gasteiger partial charge in [-0.2, -0.15) is 0 Å². The van der Waals surface area contributed by atoms with Crippen molar-refractivity contribution >= 4 is 17.8 Å². The van der Waals surface area contributed by atoms with Gasteiger partial charge in [-0.25, -0.2) is 0 Å². The van der Waals surface area contributed by atoms with Crippen molar-refractivity contribution < 1.29 is 19.5 Å². The molecular formula is C28H41N3O4. The number of primary amides is 1. The lowest BCUT2D eigenvalue weighted by molar-refractivity contribution is -0.137. The predicted molar refractivity (Wildman–Crippen MR) is 135 cm³/mol. The van der Waals surface area contributed by atoms with Crippen LogP contribution < -0.4 is 11.1 Å². The third-order valence-electron chi connectivity index (χ3n) is 8.40. The standard InChI is InChI=1S/C28H41N3O4/c1-28(2)13-5-7-21(16-28)30-23-8-4-3-6-19(23)14-18-9-10-22-20(15-18)17-31(27(22)35)24(26(29)34)11-12-25(32)33/h9-10,15,19,21,23-24,30H,3-8,11-14,16-17H2,1-2H3,(H2,29,34)(H,32,33)/t19-,21?,23+,24?/m1/s1. The van der Waals surface area contributed by atoms with E-state index < -0.39 is 17.9 Å². The third kappa shape index (κ3) is 6.24. The lowest BCUT2D eigenvalue weighted by Gasteiger charge is -2.41. The number of nitrogens with zero attached hydrogens (tertiary/aromatic N) is 1. The van der Waals surface area contributed by atoms with Crippen LogP contribution in [0.4, 0.5) is 0 Å². The van der Waals surface area contributed by atoms with E-state index in [4.69, 9.17) is 10.8 Å². The van der Waals surface area contributed by atoms with E-state index in [-0.39, 0.29) is 18.7 Å². The quantitative estimate of drug-likeness (QED) is 0.491. The molecule has 2 amide bonds. The molecule has 1 aliphatic heterocycles. The van der Waals surface area contributed by atoms with Crippen molar-refractivity contribution in [1.29, 1.82) is 0 Å². The van der Waals surface area contributed by atoms with E-state index in [1.807, 2.05) is 12.1 Å². The summed E-state index contributed by atoms with van der Waals surface area (Å²) in [5.74, 6) is -1.32. The number of aliphatic carboxylic acids is 1. The van der Waals surface area contributed by atoms with E-state index >= 15 is 0 Å². The fourth-order valence-corrected chi connectivity index (χ4v) is 6.60. The number of nitrogens with one attached hydrogen (secondary N) is 1. The number of benzene rings is 1. The highest BCUT2D eigenvalue weighted by Gasteiger charge is 2.36. The Labute approximate surface area is 208 Å². The highest BCUT2D eigenvalue weighted by molar-refractivity contribution is 6.01. The Morgan fingerprint density at radius 1 is 1.20 bits per heavy atom. The van der Waals surface area contributed by atoms with Gasteiger partial charge in [-0.15, -0.1) is 0 Å². The first kappa shape index (κ1) is 25.7. The zero-order chi connectivity index (χ0) is 25.2. The van der Waals surface area contributed by atoms with Gasteiger partial charge in [-0.3, -0.25) is 14.4 Å². The van der Waals surface area contributed by atoms with E-state index in [1.165, 1.54) is 61.8 Å². The molecule has 0 radical (unpaired) electrons. The van der Waals surface area contributed by atoms with Gasteiger partial charge in [0.05, 0.1) is 0 Å². The van der Waals surface area contributed by atoms with Gasteiger partial charge < -0.3 is 21.1 Å². The second-order valence-electron chi connectivity index (χ2n) is 11.8. The minimum absolute atomic E-state index is 0.0324. The molecule has 7 nitrogen and oxygen atoms in total. The second-order valence-corrected chi connectivity index (χ2v) is 11.8. The number of carbonyl (C=O) groups is 3. The fraction of sp³-hybridized carbons (Fsp3) is 0.679. The molecule has 192 valence electrons. The Hall–Kier alpha value is -2.41. The molecule has 7 heteroatoms. The molecule has 1 aromatic rings. The average Bonchev–Trinajstić information content (AvgIpc) is 3.10. The van der Waals surface area contributed by atoms with Crippen LogP contribution in [0.15, 0.2) is 18.2 Å². The van der Waals surface area contributed by atoms with Crippen LogP contribution in [0.25, 0.3) is 0 Å². The van der Waals surface area contributed by atoms with Crippen molar-refractivity contribution in [2.24, 2.45) is 17.1 Å². The number of hydrogen-bond donors (Lipinski definition) is 3. The predicted octanol–water partition coefficient (Wildman–Crippen LogP) is 4.02. The Balaban J connectivity index is 1.43. The summed E-state index contributed by atoms with van der Waals surface area (Å²) in [5, 5.41) is 13.0. The summed E-state index contributed by atoms with van der Waals surface area (Å²) in [6.07, 6.45) is 10.9. The first-order valence-electron chi connectivity index (χ1n) is 13.3. The number of nitrogens with two attached hydrogens (primary N) is 1. The van der Waals surface area contributed by atoms with Gasteiger partial charge in [0, 0.05) is 30.6 Å². The minimum Gasteiger partial charge on any atom is -0.481 e. The van der Waals surface area contributed by atoms with E-state index in [1.54, 1.807) is 0 Å². The van der Waals surface area contributed by atoms with Gasteiger partial charge in [0.25, 0.3) is 5.91 Å². The summed E-state index contributed by atoms with van der Waals surface area (Å²) in [6.45, 7) is 5.08. The summed E-state index contributed by atoms with van der Waals surface area (Å²) >= 11 is 0. The van der Waals surface area contributed by atoms with Crippen LogP contribution in [-0.2, 0) is 22.6 Å². The molecule has 0 saturated heterocycles. The van der Waals surface area contributed by atoms with Crippen molar-refractivity contribution in [3.63, 3.8) is 0 Å². The van der Waals surface area contributed by atoms with Crippen LogP contribution in [-0.4, -0.2) is 45.9 Å². The number of rotatable bonds is 9. The Kier molecular flexibility index (Phi) is 7.84. The number of fused-ring (bicyclic) bond motifs is 1. The lowest BCUT2D eigenvalue weighted by Crippen LogP contribution is -2.47. The van der Waals surface area contributed by atoms with Gasteiger partial charge in [0.15, 0.2) is 0 Å². The minimum atomic E-state index is -1.00. The molecule has 2 fully saturated rings. The Morgan fingerprint density at radius 2 is 1.97 bits per heavy atom. The van der Waals surface area contributed by atoms with Crippen LogP contribution in [0.5, 0.6) is 0 Å². The summed E-state index contributed by atoms with van der Waals surface area (Å²) < 4.78 is 0. The van der Waals surface area contributed by atoms with Gasteiger partial charge >= 0.3 is 5.97 Å². The van der Waals surface area contributed by atoms with Crippen LogP contribution >= 0.6 is 0 Å². The maximum absolute atomic E-state index is 13.0. The second kappa shape index (κ2) is 10.7. The number of hydrogen-bond acceptors (Lipinski definition) is 4. The van der Waals surface area contributed by atoms with Crippen molar-refractivity contribution in [1.82, 2.24) is 10.2 Å². The summed E-state index contributed by atoms with van der Waals surface area (Å²) in [4.78, 5) is 37.4. The van der Waals surface area contributed by atoms with Crippen LogP contribution in [0.1, 0.15) is 99.5 Å². The molecule has 2 aliphatic carbocycles. The number of amides is 2. The van der Waals surface area contributed by atoms with Crippen molar-refractivity contribution in [2.75, 3.05) is 0 Å². The SMILES string of the molecule is CC1(C)CCCC(N[C@H]2CCCC[C@@H]2Cc2ccc3c(c2)CN(C(CCC(=O)O)C(N)=O)C3=O)C1. The van der Waals surface area contributed by atoms with E-state index in [0.29, 0.717) is 35.5 Å². The molecule has 0 spiro atoms. The van der Waals surface area contributed by atoms with Crippen molar-refractivity contribution in [3.05, 3.63) is 34.9 Å². The molecule has 0 aromatic heterocycles. The highest BCUT2D eigenvalue weighted by Crippen LogP contribution is 2.37. The molecule has 1 heterocycles. The number of carboxylic acid groups (broad SMARTS) is 1. The maximum Gasteiger partial charge on any atom is 0.303 e. The highest BCUT2D eigenvalue weighted by atomic mass is 16.4. The Morgan fingerprint density at radius 3 is 2.69 bits per heavy atom. The first-order valence-corrected chi connectivity index (χ1v) is 13.3. The molecule has 35 heavy (non-hydrogen) atoms. The van der Waals surface area contributed by atoms with Gasteiger partial charge in [-0.05, 0) is 73.5 Å². The summed E-state index contributed by atoms with van der Waals surface area (Å²) in [6, 6.07) is 6.26. The first-order chi connectivity index (χ1) is 16.6. The molecule has 0 bridgehead atoms. The Bertz CT molecular complexity index is 960. The fourth-order valence-electron chi connectivity index (χ4n) is 6.60. The van der Waals surface area contributed by atoms with Crippen molar-refractivity contribution in [2.45, 2.75) is 109 Å². The largest absolute Gasteiger partial charge is 0.481 e. The summed E-state index contributed by atoms with van der Waals surface area (Å²) in [5.41, 5.74) is 8.68. The zero-order valence-corrected chi connectivity index (χ0v) is 21.2. The van der Waals surface area contributed by atoms with Crippen molar-refractivity contribution in [3.8, 4) is 0 Å². The molecule has 4 atom stereocenters. The third-order valence-corrected chi connectivity index (χ3v) is 8.40. The van der Waals surface area contributed by atoms with Gasteiger partial charge in [-0.1, -0.05) is 45.2 Å². The van der Waals surface area contributed by atoms with E-state index in [0.717, 1.165) is 12.0 Å². The van der Waals surface area contributed by atoms with Crippen LogP contribution in [0, 0.1) is 11.3 Å². The normalized spacial score (nSPS) is 26.9. The zero-order valence-electron chi connectivity index (χ0n) is 21.2. The molecule has 1 aromatic carbocycles. The smallest absolute Gasteiger partial charge is 0.303 e. The molecule has 2 saturated carbocycles. The summed E-state index contributed by atoms with van der Waals surface area (Å²) in [7, 11) is 0. The maximum atomic E-state index is 13.0. The average molecular weight is 484 g/mol. The monoisotopic (exact) mass is 483 g/mol. The van der Waals surface area contributed by atoms with E-state index in [2.05, 4.69) is 25.2 Å². The van der Waals surface area contributed by atoms with Gasteiger partial charge in [0.1, 0.15) is 6.04 Å². The van der Waals surface area contributed by atoms with Gasteiger partial charge in [0.2, 0.25) is 5.91 Å². The topological polar surface area (TPSA) is 113 Å². The molecule has 2 unspecified atom stereocenters. The molecule has 4 rings (SSSR count). The van der Waals surface area contributed by atoms with E-state index in [9.17, 15) is 14.4 Å². The van der Waals surface area contributed by atoms with Crippen LogP contribution in [0.2, 0.25) is 0 Å². The number of carboxylic acids is 1.